The minimum Gasteiger partial charge on any atom is -0.338 e. The maximum Gasteiger partial charge on any atom is 0.261 e. The van der Waals surface area contributed by atoms with Crippen LogP contribution in [0, 0.1) is 0 Å². The Morgan fingerprint density at radius 2 is 1.41 bits per heavy atom. The number of nitrogens with zero attached hydrogens (tertiary/aromatic N) is 6. The van der Waals surface area contributed by atoms with Gasteiger partial charge in [-0.2, -0.15) is 20.1 Å². The average Bonchev–Trinajstić information content (AvgIpc) is 3.53. The van der Waals surface area contributed by atoms with Gasteiger partial charge >= 0.3 is 0 Å². The zero-order valence-corrected chi connectivity index (χ0v) is 23.0. The highest BCUT2D eigenvalue weighted by Crippen LogP contribution is 2.25. The van der Waals surface area contributed by atoms with Gasteiger partial charge in [0.25, 0.3) is 10.0 Å². The molecule has 0 saturated carbocycles. The average molecular weight is 580 g/mol. The summed E-state index contributed by atoms with van der Waals surface area (Å²) in [7, 11) is -3.83. The Morgan fingerprint density at radius 3 is 2.07 bits per heavy atom. The Bertz CT molecular complexity index is 1630. The Morgan fingerprint density at radius 1 is 0.805 bits per heavy atom. The van der Waals surface area contributed by atoms with Gasteiger partial charge in [0.05, 0.1) is 22.3 Å². The molecule has 16 heteroatoms. The van der Waals surface area contributed by atoms with Gasteiger partial charge in [0.15, 0.2) is 0 Å². The van der Waals surface area contributed by atoms with Crippen LogP contribution in [0.1, 0.15) is 6.42 Å². The van der Waals surface area contributed by atoms with E-state index in [4.69, 9.17) is 27.9 Å². The number of fused-ring (bicyclic) bond motifs is 1. The molecule has 4 aromatic rings. The molecule has 0 unspecified atom stereocenters. The van der Waals surface area contributed by atoms with Crippen LogP contribution in [0.25, 0.3) is 10.9 Å². The molecule has 11 N–H and O–H groups in total. The highest BCUT2D eigenvalue weighted by atomic mass is 32.2. The molecule has 2 aromatic carbocycles. The summed E-state index contributed by atoms with van der Waals surface area (Å²) in [6.45, 7) is 2.14. The molecule has 2 saturated heterocycles. The molecule has 2 aliphatic heterocycles. The largest absolute Gasteiger partial charge is 0.338 e. The Labute approximate surface area is 236 Å². The smallest absolute Gasteiger partial charge is 0.261 e. The van der Waals surface area contributed by atoms with Crippen LogP contribution in [-0.4, -0.2) is 83.9 Å². The molecule has 0 spiro atoms. The lowest BCUT2D eigenvalue weighted by molar-refractivity contribution is 0.447. The van der Waals surface area contributed by atoms with E-state index in [0.717, 1.165) is 17.3 Å². The molecule has 41 heavy (non-hydrogen) atoms. The van der Waals surface area contributed by atoms with E-state index in [1.807, 2.05) is 9.80 Å². The van der Waals surface area contributed by atoms with E-state index < -0.39 is 10.0 Å². The van der Waals surface area contributed by atoms with Crippen LogP contribution in [0.3, 0.4) is 0 Å². The van der Waals surface area contributed by atoms with Crippen LogP contribution in [0.4, 0.5) is 29.2 Å². The highest BCUT2D eigenvalue weighted by molar-refractivity contribution is 7.92. The summed E-state index contributed by atoms with van der Waals surface area (Å²) in [4.78, 5) is 17.9. The van der Waals surface area contributed by atoms with Crippen molar-refractivity contribution in [3.05, 3.63) is 48.7 Å². The topological polar surface area (TPSA) is 236 Å². The van der Waals surface area contributed by atoms with E-state index in [-0.39, 0.29) is 35.0 Å². The first kappa shape index (κ1) is 27.1. The molecule has 0 radical (unpaired) electrons. The molecule has 0 amide bonds. The standard InChI is InChI=1S/C25H33N13O2S/c26-15-7-16(27)11-37(10-15)24-32-23(33-25(34-24)38-12-20(28)21(29)13-38)31-17-3-5-19(6-4-17)41(39,40)36-18-2-1-14-9-30-35-22(14)8-18/h1-6,8-9,15-16,20-21,36H,7,10-13,26-29H2,(H,30,35)(H,31,32,33,34)/t15-,16+,20-,21+. The van der Waals surface area contributed by atoms with E-state index in [0.29, 0.717) is 49.5 Å². The number of aromatic nitrogens is 5. The van der Waals surface area contributed by atoms with Gasteiger partial charge in [0, 0.05) is 61.4 Å². The lowest BCUT2D eigenvalue weighted by Crippen LogP contribution is -2.53. The summed E-state index contributed by atoms with van der Waals surface area (Å²) >= 11 is 0. The fourth-order valence-electron chi connectivity index (χ4n) is 5.11. The van der Waals surface area contributed by atoms with Crippen molar-refractivity contribution < 1.29 is 8.42 Å². The third-order valence-corrected chi connectivity index (χ3v) is 8.62. The van der Waals surface area contributed by atoms with Crippen LogP contribution in [-0.2, 0) is 10.0 Å². The first-order valence-corrected chi connectivity index (χ1v) is 14.7. The predicted molar refractivity (Wildman–Crippen MR) is 157 cm³/mol. The van der Waals surface area contributed by atoms with E-state index in [9.17, 15) is 8.42 Å². The van der Waals surface area contributed by atoms with Crippen LogP contribution in [0.5, 0.6) is 0 Å². The van der Waals surface area contributed by atoms with Crippen LogP contribution in [0.2, 0.25) is 0 Å². The summed E-state index contributed by atoms with van der Waals surface area (Å²) in [5, 5.41) is 10.8. The van der Waals surface area contributed by atoms with Crippen LogP contribution in [0.15, 0.2) is 53.6 Å². The number of nitrogens with one attached hydrogen (secondary N) is 3. The lowest BCUT2D eigenvalue weighted by atomic mass is 10.0. The van der Waals surface area contributed by atoms with Crippen molar-refractivity contribution in [2.45, 2.75) is 35.5 Å². The summed E-state index contributed by atoms with van der Waals surface area (Å²) in [5.41, 5.74) is 26.5. The van der Waals surface area contributed by atoms with Gasteiger partial charge in [-0.3, -0.25) is 9.82 Å². The van der Waals surface area contributed by atoms with Gasteiger partial charge in [0.2, 0.25) is 17.8 Å². The number of sulfonamides is 1. The molecule has 216 valence electrons. The second-order valence-corrected chi connectivity index (χ2v) is 12.3. The second kappa shape index (κ2) is 10.7. The first-order chi connectivity index (χ1) is 19.6. The molecular weight excluding hydrogens is 546 g/mol. The molecular formula is C25H33N13O2S. The van der Waals surface area contributed by atoms with Gasteiger partial charge in [-0.25, -0.2) is 8.42 Å². The summed E-state index contributed by atoms with van der Waals surface area (Å²) < 4.78 is 28.6. The number of benzene rings is 2. The first-order valence-electron chi connectivity index (χ1n) is 13.2. The van der Waals surface area contributed by atoms with Gasteiger partial charge < -0.3 is 38.1 Å². The van der Waals surface area contributed by atoms with Crippen molar-refractivity contribution >= 4 is 50.1 Å². The third kappa shape index (κ3) is 5.86. The van der Waals surface area contributed by atoms with Gasteiger partial charge in [-0.05, 0) is 48.9 Å². The van der Waals surface area contributed by atoms with E-state index in [2.05, 4.69) is 30.2 Å². The van der Waals surface area contributed by atoms with Crippen LogP contribution >= 0.6 is 0 Å². The van der Waals surface area contributed by atoms with E-state index >= 15 is 0 Å². The van der Waals surface area contributed by atoms with E-state index in [1.54, 1.807) is 36.5 Å². The number of hydrogen-bond donors (Lipinski definition) is 7. The maximum atomic E-state index is 13.0. The molecule has 0 bridgehead atoms. The van der Waals surface area contributed by atoms with Crippen LogP contribution < -0.4 is 42.8 Å². The third-order valence-electron chi connectivity index (χ3n) is 7.22. The zero-order chi connectivity index (χ0) is 28.7. The minimum atomic E-state index is -3.83. The van der Waals surface area contributed by atoms with Crippen molar-refractivity contribution in [3.63, 3.8) is 0 Å². The van der Waals surface area contributed by atoms with Crippen molar-refractivity contribution in [1.82, 2.24) is 25.1 Å². The van der Waals surface area contributed by atoms with Gasteiger partial charge in [-0.15, -0.1) is 0 Å². The number of anilines is 5. The Kier molecular flexibility index (Phi) is 7.08. The number of H-pyrrole nitrogens is 1. The van der Waals surface area contributed by atoms with Gasteiger partial charge in [-0.1, -0.05) is 0 Å². The molecule has 2 fully saturated rings. The minimum absolute atomic E-state index is 0.0983. The van der Waals surface area contributed by atoms with Crippen molar-refractivity contribution in [3.8, 4) is 0 Å². The number of nitrogens with two attached hydrogens (primary N) is 4. The molecule has 6 rings (SSSR count). The number of rotatable bonds is 7. The fraction of sp³-hybridized carbons (Fsp3) is 0.360. The fourth-order valence-corrected chi connectivity index (χ4v) is 6.16. The van der Waals surface area contributed by atoms with Crippen molar-refractivity contribution in [1.29, 1.82) is 0 Å². The van der Waals surface area contributed by atoms with Gasteiger partial charge in [0.1, 0.15) is 0 Å². The quantitative estimate of drug-likeness (QED) is 0.148. The molecule has 4 atom stereocenters. The normalized spacial score (nSPS) is 23.2. The number of hydrogen-bond acceptors (Lipinski definition) is 13. The molecule has 0 aliphatic carbocycles. The summed E-state index contributed by atoms with van der Waals surface area (Å²) in [6, 6.07) is 10.8. The SMILES string of the molecule is N[C@@H]1C[C@H](N)CN(c2nc(Nc3ccc(S(=O)(=O)Nc4ccc5cn[nH]c5c4)cc3)nc(N3C[C@@H](N)[C@@H](N)C3)n2)C1. The Balaban J connectivity index is 1.23. The lowest BCUT2D eigenvalue weighted by Gasteiger charge is -2.35. The summed E-state index contributed by atoms with van der Waals surface area (Å²) in [5.74, 6) is 1.16. The monoisotopic (exact) mass is 579 g/mol. The molecule has 4 heterocycles. The molecule has 2 aromatic heterocycles. The van der Waals surface area contributed by atoms with Crippen molar-refractivity contribution in [2.24, 2.45) is 22.9 Å². The van der Waals surface area contributed by atoms with Crippen molar-refractivity contribution in [2.75, 3.05) is 46.0 Å². The van der Waals surface area contributed by atoms with E-state index in [1.165, 1.54) is 12.1 Å². The predicted octanol–water partition coefficient (Wildman–Crippen LogP) is -0.368. The number of piperidine rings is 1. The zero-order valence-electron chi connectivity index (χ0n) is 22.2. The number of aromatic amines is 1. The molecule has 2 aliphatic rings. The second-order valence-electron chi connectivity index (χ2n) is 10.6. The highest BCUT2D eigenvalue weighted by Gasteiger charge is 2.31. The maximum absolute atomic E-state index is 13.0. The Hall–Kier alpha value is -4.09. The summed E-state index contributed by atoms with van der Waals surface area (Å²) in [6.07, 6.45) is 2.39. The molecule has 15 nitrogen and oxygen atoms in total.